The molecule has 0 unspecified atom stereocenters. The molecule has 1 atom stereocenters. The van der Waals surface area contributed by atoms with Crippen molar-refractivity contribution < 1.29 is 23.8 Å². The van der Waals surface area contributed by atoms with E-state index in [1.165, 1.54) is 0 Å². The molecule has 6 heteroatoms. The van der Waals surface area contributed by atoms with Crippen molar-refractivity contribution in [1.82, 2.24) is 5.32 Å². The van der Waals surface area contributed by atoms with Gasteiger partial charge in [-0.05, 0) is 31.2 Å². The summed E-state index contributed by atoms with van der Waals surface area (Å²) in [7, 11) is 3.18. The van der Waals surface area contributed by atoms with Crippen molar-refractivity contribution in [2.75, 3.05) is 20.8 Å². The number of Topliss-reactive ketones (excluding diaryl/α,β-unsaturated/α-hetero) is 1. The Labute approximate surface area is 191 Å². The summed E-state index contributed by atoms with van der Waals surface area (Å²) in [6.07, 6.45) is 4.04. The fourth-order valence-corrected chi connectivity index (χ4v) is 4.67. The van der Waals surface area contributed by atoms with Gasteiger partial charge in [0.15, 0.2) is 5.78 Å². The van der Waals surface area contributed by atoms with Crippen molar-refractivity contribution >= 4 is 11.8 Å². The number of rotatable bonds is 8. The van der Waals surface area contributed by atoms with Crippen molar-refractivity contribution in [3.05, 3.63) is 46.3 Å². The first kappa shape index (κ1) is 23.9. The highest BCUT2D eigenvalue weighted by Gasteiger charge is 2.44. The van der Waals surface area contributed by atoms with Crippen LogP contribution in [0, 0.1) is 5.41 Å². The van der Waals surface area contributed by atoms with E-state index in [4.69, 9.17) is 14.2 Å². The third kappa shape index (κ3) is 4.84. The Bertz CT molecular complexity index is 957. The van der Waals surface area contributed by atoms with E-state index in [1.807, 2.05) is 19.1 Å². The molecule has 2 aliphatic rings. The van der Waals surface area contributed by atoms with E-state index in [9.17, 15) is 9.59 Å². The largest absolute Gasteiger partial charge is 0.497 e. The molecule has 32 heavy (non-hydrogen) atoms. The van der Waals surface area contributed by atoms with E-state index in [2.05, 4.69) is 26.1 Å². The number of hydrogen-bond acceptors (Lipinski definition) is 6. The quantitative estimate of drug-likeness (QED) is 0.450. The Morgan fingerprint density at radius 2 is 1.91 bits per heavy atom. The molecule has 6 nitrogen and oxygen atoms in total. The van der Waals surface area contributed by atoms with Gasteiger partial charge in [0.25, 0.3) is 0 Å². The van der Waals surface area contributed by atoms with E-state index in [0.717, 1.165) is 42.6 Å². The number of ether oxygens (including phenoxy) is 3. The lowest BCUT2D eigenvalue weighted by Gasteiger charge is -2.39. The highest BCUT2D eigenvalue weighted by Crippen LogP contribution is 2.49. The smallest absolute Gasteiger partial charge is 0.336 e. The zero-order chi connectivity index (χ0) is 23.5. The van der Waals surface area contributed by atoms with Crippen LogP contribution in [0.1, 0.15) is 71.3 Å². The molecule has 0 fully saturated rings. The zero-order valence-corrected chi connectivity index (χ0v) is 20.1. The van der Waals surface area contributed by atoms with Crippen LogP contribution in [-0.4, -0.2) is 32.6 Å². The molecule has 0 bridgehead atoms. The Morgan fingerprint density at radius 3 is 2.56 bits per heavy atom. The van der Waals surface area contributed by atoms with Crippen LogP contribution in [0.15, 0.2) is 40.7 Å². The van der Waals surface area contributed by atoms with Gasteiger partial charge in [-0.15, -0.1) is 0 Å². The Kier molecular flexibility index (Phi) is 7.32. The van der Waals surface area contributed by atoms with Gasteiger partial charge in [-0.1, -0.05) is 39.7 Å². The molecule has 1 N–H and O–H groups in total. The molecule has 0 radical (unpaired) electrons. The summed E-state index contributed by atoms with van der Waals surface area (Å²) < 4.78 is 16.7. The Hall–Kier alpha value is -2.76. The van der Waals surface area contributed by atoms with Crippen molar-refractivity contribution in [3.63, 3.8) is 0 Å². The van der Waals surface area contributed by atoms with Crippen LogP contribution in [0.2, 0.25) is 0 Å². The highest BCUT2D eigenvalue weighted by molar-refractivity contribution is 6.04. The molecule has 0 saturated carbocycles. The number of nitrogens with one attached hydrogen (secondary N) is 1. The third-order valence-electron chi connectivity index (χ3n) is 6.19. The number of esters is 1. The first-order chi connectivity index (χ1) is 15.2. The maximum Gasteiger partial charge on any atom is 0.336 e. The predicted octanol–water partition coefficient (Wildman–Crippen LogP) is 5.04. The second-order valence-corrected chi connectivity index (χ2v) is 9.38. The topological polar surface area (TPSA) is 73.9 Å². The van der Waals surface area contributed by atoms with Crippen LogP contribution in [0.4, 0.5) is 0 Å². The molecule has 0 aromatic heterocycles. The Morgan fingerprint density at radius 1 is 1.16 bits per heavy atom. The van der Waals surface area contributed by atoms with Gasteiger partial charge in [0.2, 0.25) is 0 Å². The van der Waals surface area contributed by atoms with Crippen molar-refractivity contribution in [2.24, 2.45) is 5.41 Å². The second kappa shape index (κ2) is 9.80. The van der Waals surface area contributed by atoms with E-state index >= 15 is 0 Å². The van der Waals surface area contributed by atoms with Gasteiger partial charge in [0.05, 0.1) is 32.3 Å². The van der Waals surface area contributed by atoms with Crippen LogP contribution >= 0.6 is 0 Å². The molecular formula is C26H35NO5. The summed E-state index contributed by atoms with van der Waals surface area (Å²) in [5.74, 6) is 0.335. The molecule has 1 aromatic rings. The number of hydrogen-bond donors (Lipinski definition) is 1. The van der Waals surface area contributed by atoms with Crippen molar-refractivity contribution in [1.29, 1.82) is 0 Å². The number of carbonyl (C=O) groups is 2. The first-order valence-electron chi connectivity index (χ1n) is 11.4. The normalized spacial score (nSPS) is 19.9. The number of carbonyl (C=O) groups excluding carboxylic acids is 2. The third-order valence-corrected chi connectivity index (χ3v) is 6.19. The summed E-state index contributed by atoms with van der Waals surface area (Å²) in [6.45, 7) is 8.53. The van der Waals surface area contributed by atoms with E-state index in [1.54, 1.807) is 20.3 Å². The fourth-order valence-electron chi connectivity index (χ4n) is 4.67. The molecule has 0 spiro atoms. The molecule has 0 amide bonds. The minimum absolute atomic E-state index is 0.0513. The first-order valence-corrected chi connectivity index (χ1v) is 11.4. The van der Waals surface area contributed by atoms with E-state index in [0.29, 0.717) is 35.7 Å². The van der Waals surface area contributed by atoms with E-state index < -0.39 is 11.9 Å². The average Bonchev–Trinajstić information content (AvgIpc) is 2.74. The van der Waals surface area contributed by atoms with Crippen LogP contribution in [0.5, 0.6) is 11.5 Å². The minimum atomic E-state index is -0.547. The van der Waals surface area contributed by atoms with Gasteiger partial charge < -0.3 is 19.5 Å². The molecule has 1 aromatic carbocycles. The highest BCUT2D eigenvalue weighted by atomic mass is 16.5. The van der Waals surface area contributed by atoms with Gasteiger partial charge in [-0.3, -0.25) is 4.79 Å². The molecule has 3 rings (SSSR count). The van der Waals surface area contributed by atoms with Crippen LogP contribution in [0.25, 0.3) is 0 Å². The number of allylic oxidation sites excluding steroid dienone is 3. The lowest BCUT2D eigenvalue weighted by molar-refractivity contribution is -0.139. The van der Waals surface area contributed by atoms with Gasteiger partial charge in [0, 0.05) is 35.0 Å². The standard InChI is InChI=1S/C26H35NO5/c1-7-8-9-12-32-25(29)22-16(2)27-19-14-26(3,4)15-20(28)24(19)23(22)18-11-10-17(30-5)13-21(18)31-6/h10-11,13,23,27H,7-9,12,14-15H2,1-6H3/t23-/m1/s1. The number of dihydropyridines is 1. The molecule has 1 aliphatic carbocycles. The summed E-state index contributed by atoms with van der Waals surface area (Å²) in [5.41, 5.74) is 3.33. The summed E-state index contributed by atoms with van der Waals surface area (Å²) in [5, 5.41) is 3.37. The minimum Gasteiger partial charge on any atom is -0.497 e. The lowest BCUT2D eigenvalue weighted by Crippen LogP contribution is -2.38. The zero-order valence-electron chi connectivity index (χ0n) is 20.1. The van der Waals surface area contributed by atoms with Crippen LogP contribution in [0.3, 0.4) is 0 Å². The SMILES string of the molecule is CCCCCOC(=O)C1=C(C)NC2=C(C(=O)CC(C)(C)C2)[C@@H]1c1ccc(OC)cc1OC. The van der Waals surface area contributed by atoms with Gasteiger partial charge in [-0.25, -0.2) is 4.79 Å². The van der Waals surface area contributed by atoms with Gasteiger partial charge >= 0.3 is 5.97 Å². The molecule has 174 valence electrons. The monoisotopic (exact) mass is 441 g/mol. The second-order valence-electron chi connectivity index (χ2n) is 9.38. The number of unbranched alkanes of at least 4 members (excludes halogenated alkanes) is 2. The van der Waals surface area contributed by atoms with Crippen molar-refractivity contribution in [2.45, 2.75) is 65.7 Å². The Balaban J connectivity index is 2.11. The summed E-state index contributed by atoms with van der Waals surface area (Å²) in [4.78, 5) is 26.7. The van der Waals surface area contributed by atoms with Crippen LogP contribution in [-0.2, 0) is 14.3 Å². The van der Waals surface area contributed by atoms with Crippen LogP contribution < -0.4 is 14.8 Å². The summed E-state index contributed by atoms with van der Waals surface area (Å²) >= 11 is 0. The van der Waals surface area contributed by atoms with E-state index in [-0.39, 0.29) is 11.2 Å². The summed E-state index contributed by atoms with van der Waals surface area (Å²) in [6, 6.07) is 5.49. The number of ketones is 1. The van der Waals surface area contributed by atoms with Gasteiger partial charge in [-0.2, -0.15) is 0 Å². The van der Waals surface area contributed by atoms with Gasteiger partial charge in [0.1, 0.15) is 11.5 Å². The molecule has 0 saturated heterocycles. The van der Waals surface area contributed by atoms with Crippen molar-refractivity contribution in [3.8, 4) is 11.5 Å². The predicted molar refractivity (Wildman–Crippen MR) is 124 cm³/mol. The average molecular weight is 442 g/mol. The lowest BCUT2D eigenvalue weighted by atomic mass is 9.68. The maximum atomic E-state index is 13.4. The molecular weight excluding hydrogens is 406 g/mol. The maximum absolute atomic E-state index is 13.4. The number of methoxy groups -OCH3 is 2. The molecule has 1 heterocycles. The fraction of sp³-hybridized carbons (Fsp3) is 0.538. The number of benzene rings is 1. The molecule has 1 aliphatic heterocycles.